The van der Waals surface area contributed by atoms with Crippen LogP contribution in [0.15, 0.2) is 47.3 Å². The van der Waals surface area contributed by atoms with Gasteiger partial charge in [0.05, 0.1) is 22.0 Å². The number of nitrogens with zero attached hydrogens (tertiary/aromatic N) is 1. The fourth-order valence-corrected chi connectivity index (χ4v) is 5.00. The van der Waals surface area contributed by atoms with Crippen LogP contribution in [-0.4, -0.2) is 10.5 Å². The zero-order valence-corrected chi connectivity index (χ0v) is 19.5. The van der Waals surface area contributed by atoms with E-state index < -0.39 is 0 Å². The lowest BCUT2D eigenvalue weighted by Gasteiger charge is -2.22. The summed E-state index contributed by atoms with van der Waals surface area (Å²) in [4.78, 5) is 26.8. The molecule has 1 atom stereocenters. The summed E-state index contributed by atoms with van der Waals surface area (Å²) in [6.07, 6.45) is 2.70. The fraction of sp³-hybridized carbons (Fsp3) is 0.333. The van der Waals surface area contributed by atoms with Gasteiger partial charge >= 0.3 is 0 Å². The van der Waals surface area contributed by atoms with E-state index in [0.717, 1.165) is 24.8 Å². The summed E-state index contributed by atoms with van der Waals surface area (Å²) in [6, 6.07) is 11.2. The summed E-state index contributed by atoms with van der Waals surface area (Å²) in [5.41, 5.74) is 1.61. The summed E-state index contributed by atoms with van der Waals surface area (Å²) in [5, 5.41) is 4.68. The van der Waals surface area contributed by atoms with Gasteiger partial charge < -0.3 is 9.88 Å². The van der Waals surface area contributed by atoms with Crippen molar-refractivity contribution < 1.29 is 9.18 Å². The first kappa shape index (κ1) is 22.0. The van der Waals surface area contributed by atoms with E-state index in [9.17, 15) is 14.0 Å². The van der Waals surface area contributed by atoms with Crippen LogP contribution in [0, 0.1) is 11.7 Å². The maximum Gasteiger partial charge on any atom is 0.260 e. The summed E-state index contributed by atoms with van der Waals surface area (Å²) in [5.74, 6) is -0.338. The van der Waals surface area contributed by atoms with E-state index in [0.29, 0.717) is 38.9 Å². The van der Waals surface area contributed by atoms with Crippen LogP contribution in [0.3, 0.4) is 0 Å². The molecule has 1 amide bonds. The highest BCUT2D eigenvalue weighted by Gasteiger charge is 2.35. The number of carbonyl (C=O) groups is 1. The molecule has 0 radical (unpaired) electrons. The van der Waals surface area contributed by atoms with Crippen LogP contribution in [0.25, 0.3) is 10.8 Å². The minimum Gasteiger partial charge on any atom is -0.345 e. The van der Waals surface area contributed by atoms with E-state index in [4.69, 9.17) is 11.6 Å². The number of halogens is 3. The third-order valence-corrected chi connectivity index (χ3v) is 6.59. The molecule has 1 aromatic heterocycles. The van der Waals surface area contributed by atoms with Crippen molar-refractivity contribution in [2.75, 3.05) is 0 Å². The fourth-order valence-electron chi connectivity index (χ4n) is 4.17. The van der Waals surface area contributed by atoms with Gasteiger partial charge in [0, 0.05) is 23.0 Å². The Morgan fingerprint density at radius 1 is 1.29 bits per heavy atom. The van der Waals surface area contributed by atoms with Crippen molar-refractivity contribution in [3.05, 3.63) is 80.5 Å². The van der Waals surface area contributed by atoms with Crippen LogP contribution in [0.1, 0.15) is 53.8 Å². The van der Waals surface area contributed by atoms with Crippen LogP contribution < -0.4 is 10.9 Å². The molecule has 4 rings (SSSR count). The summed E-state index contributed by atoms with van der Waals surface area (Å²) in [6.45, 7) is 2.46. The number of rotatable bonds is 7. The highest BCUT2D eigenvalue weighted by Crippen LogP contribution is 2.41. The Morgan fingerprint density at radius 3 is 2.68 bits per heavy atom. The van der Waals surface area contributed by atoms with E-state index in [-0.39, 0.29) is 29.2 Å². The van der Waals surface area contributed by atoms with Gasteiger partial charge in [0.2, 0.25) is 0 Å². The van der Waals surface area contributed by atoms with Crippen LogP contribution in [0.5, 0.6) is 0 Å². The lowest BCUT2D eigenvalue weighted by atomic mass is 9.99. The maximum atomic E-state index is 13.9. The second-order valence-electron chi connectivity index (χ2n) is 7.92. The zero-order valence-electron chi connectivity index (χ0n) is 17.1. The number of aromatic nitrogens is 1. The molecule has 1 N–H and O–H groups in total. The van der Waals surface area contributed by atoms with E-state index in [2.05, 4.69) is 21.2 Å². The Bertz CT molecular complexity index is 1210. The van der Waals surface area contributed by atoms with Gasteiger partial charge in [0.15, 0.2) is 0 Å². The number of hydrogen-bond donors (Lipinski definition) is 1. The van der Waals surface area contributed by atoms with Gasteiger partial charge in [0.25, 0.3) is 11.5 Å². The van der Waals surface area contributed by atoms with Crippen molar-refractivity contribution in [3.63, 3.8) is 0 Å². The molecule has 0 saturated heterocycles. The quantitative estimate of drug-likeness (QED) is 0.402. The Morgan fingerprint density at radius 2 is 2.03 bits per heavy atom. The highest BCUT2D eigenvalue weighted by molar-refractivity contribution is 9.08. The number of amides is 1. The molecule has 0 unspecified atom stereocenters. The highest BCUT2D eigenvalue weighted by atomic mass is 79.9. The third kappa shape index (κ3) is 4.28. The van der Waals surface area contributed by atoms with Crippen molar-refractivity contribution in [3.8, 4) is 0 Å². The van der Waals surface area contributed by atoms with Gasteiger partial charge in [-0.25, -0.2) is 4.39 Å². The average molecular weight is 506 g/mol. The molecule has 1 aliphatic rings. The average Bonchev–Trinajstić information content (AvgIpc) is 3.58. The van der Waals surface area contributed by atoms with E-state index in [1.807, 2.05) is 13.0 Å². The number of nitrogens with one attached hydrogen (secondary N) is 1. The molecule has 2 aromatic carbocycles. The van der Waals surface area contributed by atoms with Crippen LogP contribution in [0.4, 0.5) is 4.39 Å². The SMILES string of the molecule is CCCn1c(CBr)c(C(=O)N[C@H](c2cccc(F)c2)C2CC2)c2cccc(Cl)c2c1=O. The number of pyridine rings is 1. The number of alkyl halides is 1. The topological polar surface area (TPSA) is 51.1 Å². The summed E-state index contributed by atoms with van der Waals surface area (Å²) < 4.78 is 15.5. The maximum absolute atomic E-state index is 13.9. The molecule has 1 heterocycles. The molecule has 31 heavy (non-hydrogen) atoms. The molecule has 0 bridgehead atoms. The molecule has 7 heteroatoms. The third-order valence-electron chi connectivity index (χ3n) is 5.75. The normalized spacial score (nSPS) is 14.6. The van der Waals surface area contributed by atoms with E-state index >= 15 is 0 Å². The number of benzene rings is 2. The monoisotopic (exact) mass is 504 g/mol. The molecular formula is C24H23BrClFN2O2. The number of carbonyl (C=O) groups excluding carboxylic acids is 1. The second-order valence-corrected chi connectivity index (χ2v) is 8.89. The van der Waals surface area contributed by atoms with Crippen molar-refractivity contribution in [1.29, 1.82) is 0 Å². The van der Waals surface area contributed by atoms with Gasteiger partial charge in [-0.05, 0) is 48.9 Å². The van der Waals surface area contributed by atoms with E-state index in [1.54, 1.807) is 28.8 Å². The van der Waals surface area contributed by atoms with Gasteiger partial charge in [-0.1, -0.05) is 58.7 Å². The molecule has 1 saturated carbocycles. The molecule has 0 spiro atoms. The summed E-state index contributed by atoms with van der Waals surface area (Å²) in [7, 11) is 0. The minimum atomic E-state index is -0.327. The Labute approximate surface area is 193 Å². The minimum absolute atomic E-state index is 0.197. The second kappa shape index (κ2) is 9.13. The molecule has 1 fully saturated rings. The molecule has 0 aliphatic heterocycles. The van der Waals surface area contributed by atoms with Crippen LogP contribution in [0.2, 0.25) is 5.02 Å². The van der Waals surface area contributed by atoms with Crippen LogP contribution >= 0.6 is 27.5 Å². The van der Waals surface area contributed by atoms with Gasteiger partial charge in [-0.2, -0.15) is 0 Å². The Kier molecular flexibility index (Phi) is 6.49. The lowest BCUT2D eigenvalue weighted by molar-refractivity contribution is 0.0931. The van der Waals surface area contributed by atoms with Crippen molar-refractivity contribution in [1.82, 2.24) is 9.88 Å². The predicted molar refractivity (Wildman–Crippen MR) is 125 cm³/mol. The molecule has 162 valence electrons. The Balaban J connectivity index is 1.86. The van der Waals surface area contributed by atoms with Gasteiger partial charge in [0.1, 0.15) is 5.82 Å². The molecule has 3 aromatic rings. The largest absolute Gasteiger partial charge is 0.345 e. The van der Waals surface area contributed by atoms with Crippen LogP contribution in [-0.2, 0) is 11.9 Å². The summed E-state index contributed by atoms with van der Waals surface area (Å²) >= 11 is 9.86. The first-order valence-electron chi connectivity index (χ1n) is 10.4. The van der Waals surface area contributed by atoms with Gasteiger partial charge in [-0.3, -0.25) is 9.59 Å². The molecular weight excluding hydrogens is 483 g/mol. The van der Waals surface area contributed by atoms with E-state index in [1.165, 1.54) is 12.1 Å². The van der Waals surface area contributed by atoms with Gasteiger partial charge in [-0.15, -0.1) is 0 Å². The number of hydrogen-bond acceptors (Lipinski definition) is 2. The van der Waals surface area contributed by atoms with Crippen molar-refractivity contribution in [2.45, 2.75) is 44.1 Å². The molecule has 4 nitrogen and oxygen atoms in total. The zero-order chi connectivity index (χ0) is 22.1. The Hall–Kier alpha value is -2.18. The first-order valence-corrected chi connectivity index (χ1v) is 11.9. The lowest BCUT2D eigenvalue weighted by Crippen LogP contribution is -2.34. The molecule has 1 aliphatic carbocycles. The first-order chi connectivity index (χ1) is 15.0. The van der Waals surface area contributed by atoms with Crippen molar-refractivity contribution in [2.24, 2.45) is 5.92 Å². The van der Waals surface area contributed by atoms with Crippen molar-refractivity contribution >= 4 is 44.2 Å². The number of fused-ring (bicyclic) bond motifs is 1. The smallest absolute Gasteiger partial charge is 0.260 e. The standard InChI is InChI=1S/C24H23BrClFN2O2/c1-2-11-29-19(13-25)21(17-7-4-8-18(26)20(17)24(29)31)23(30)28-22(14-9-10-14)15-5-3-6-16(27)12-15/h3-8,12,14,22H,2,9-11,13H2,1H3,(H,28,30)/t22-/m0/s1. The predicted octanol–water partition coefficient (Wildman–Crippen LogP) is 5.98.